The second-order valence-corrected chi connectivity index (χ2v) is 7.77. The second kappa shape index (κ2) is 7.64. The average molecular weight is 418 g/mol. The summed E-state index contributed by atoms with van der Waals surface area (Å²) in [5, 5.41) is 19.9. The van der Waals surface area contributed by atoms with Crippen LogP contribution in [0.1, 0.15) is 21.6 Å². The lowest BCUT2D eigenvalue weighted by Gasteiger charge is -2.19. The van der Waals surface area contributed by atoms with Gasteiger partial charge in [-0.25, -0.2) is 9.48 Å². The first-order chi connectivity index (χ1) is 13.6. The molecule has 0 unspecified atom stereocenters. The summed E-state index contributed by atoms with van der Waals surface area (Å²) >= 11 is 0. The Balaban J connectivity index is 2.02. The highest BCUT2D eigenvalue weighted by Crippen LogP contribution is 2.44. The molecule has 29 heavy (non-hydrogen) atoms. The molecular formula is C18H18N4O6S. The fourth-order valence-electron chi connectivity index (χ4n) is 2.58. The maximum absolute atomic E-state index is 12.7. The summed E-state index contributed by atoms with van der Waals surface area (Å²) in [5.74, 6) is -1.41. The van der Waals surface area contributed by atoms with Gasteiger partial charge < -0.3 is 18.8 Å². The summed E-state index contributed by atoms with van der Waals surface area (Å²) < 4.78 is 29.2. The van der Waals surface area contributed by atoms with Crippen molar-refractivity contribution in [3.05, 3.63) is 69.6 Å². The van der Waals surface area contributed by atoms with Crippen LogP contribution in [0.4, 0.5) is 11.4 Å². The van der Waals surface area contributed by atoms with E-state index in [2.05, 4.69) is 15.3 Å². The highest BCUT2D eigenvalue weighted by molar-refractivity contribution is 8.19. The molecule has 0 aliphatic carbocycles. The van der Waals surface area contributed by atoms with Gasteiger partial charge in [-0.05, 0) is 44.2 Å². The molecule has 0 saturated carbocycles. The highest BCUT2D eigenvalue weighted by atomic mass is 32.3. The molecule has 0 amide bonds. The number of H-pyrrole nitrogens is 1. The maximum Gasteiger partial charge on any atom is 0.338 e. The number of azo groups is 1. The van der Waals surface area contributed by atoms with Gasteiger partial charge in [0.05, 0.1) is 21.8 Å². The Hall–Kier alpha value is -3.25. The van der Waals surface area contributed by atoms with Crippen LogP contribution >= 0.6 is 10.9 Å². The molecule has 1 aromatic heterocycles. The lowest BCUT2D eigenvalue weighted by Crippen LogP contribution is -2.13. The molecule has 0 spiro atoms. The van der Waals surface area contributed by atoms with Gasteiger partial charge in [-0.2, -0.15) is 0 Å². The lowest BCUT2D eigenvalue weighted by molar-refractivity contribution is 0.0697. The molecule has 0 bridgehead atoms. The number of aromatic amines is 1. The quantitative estimate of drug-likeness (QED) is 0.384. The van der Waals surface area contributed by atoms with E-state index in [1.807, 2.05) is 19.1 Å². The minimum Gasteiger partial charge on any atom is -0.478 e. The number of nitrogens with zero attached hydrogens (tertiary/aromatic N) is 3. The molecule has 10 nitrogen and oxygen atoms in total. The number of hydrogen-bond acceptors (Lipinski definition) is 7. The lowest BCUT2D eigenvalue weighted by atomic mass is 10.2. The molecule has 0 atom stereocenters. The summed E-state index contributed by atoms with van der Waals surface area (Å²) in [7, 11) is -4.08. The van der Waals surface area contributed by atoms with E-state index in [9.17, 15) is 28.4 Å². The van der Waals surface area contributed by atoms with Gasteiger partial charge in [0.2, 0.25) is 0 Å². The summed E-state index contributed by atoms with van der Waals surface area (Å²) in [5.41, 5.74) is 1.07. The van der Waals surface area contributed by atoms with Crippen LogP contribution in [0.3, 0.4) is 0 Å². The van der Waals surface area contributed by atoms with Crippen molar-refractivity contribution < 1.29 is 23.6 Å². The van der Waals surface area contributed by atoms with E-state index in [4.69, 9.17) is 0 Å². The number of aryl methyl sites for hydroxylation is 2. The van der Waals surface area contributed by atoms with E-state index >= 15 is 0 Å². The minimum absolute atomic E-state index is 0.00237. The van der Waals surface area contributed by atoms with Crippen molar-refractivity contribution in [2.75, 3.05) is 0 Å². The van der Waals surface area contributed by atoms with E-state index in [-0.39, 0.29) is 16.3 Å². The molecule has 11 heteroatoms. The highest BCUT2D eigenvalue weighted by Gasteiger charge is 2.20. The van der Waals surface area contributed by atoms with Crippen LogP contribution in [0, 0.1) is 13.8 Å². The first kappa shape index (κ1) is 20.5. The van der Waals surface area contributed by atoms with Gasteiger partial charge in [-0.15, -0.1) is 10.2 Å². The molecule has 0 radical (unpaired) electrons. The molecule has 0 aliphatic rings. The monoisotopic (exact) mass is 418 g/mol. The van der Waals surface area contributed by atoms with E-state index in [0.717, 1.165) is 23.8 Å². The first-order valence-electron chi connectivity index (χ1n) is 8.26. The van der Waals surface area contributed by atoms with Crippen molar-refractivity contribution in [3.8, 4) is 5.69 Å². The van der Waals surface area contributed by atoms with Crippen molar-refractivity contribution >= 4 is 28.2 Å². The number of rotatable bonds is 5. The summed E-state index contributed by atoms with van der Waals surface area (Å²) in [4.78, 5) is 23.8. The summed E-state index contributed by atoms with van der Waals surface area (Å²) in [6.45, 7) is 3.55. The molecule has 152 valence electrons. The van der Waals surface area contributed by atoms with Crippen LogP contribution in [0.5, 0.6) is 0 Å². The molecule has 0 fully saturated rings. The third-order valence-electron chi connectivity index (χ3n) is 4.10. The normalized spacial score (nSPS) is 12.4. The summed E-state index contributed by atoms with van der Waals surface area (Å²) in [6, 6.07) is 10.4. The molecule has 2 aromatic carbocycles. The first-order valence-corrected chi connectivity index (χ1v) is 9.76. The van der Waals surface area contributed by atoms with Gasteiger partial charge in [-0.1, -0.05) is 17.7 Å². The van der Waals surface area contributed by atoms with Crippen LogP contribution in [-0.4, -0.2) is 34.5 Å². The third-order valence-corrected chi connectivity index (χ3v) is 4.99. The van der Waals surface area contributed by atoms with E-state index < -0.39 is 28.0 Å². The van der Waals surface area contributed by atoms with Crippen LogP contribution in [0.2, 0.25) is 0 Å². The largest absolute Gasteiger partial charge is 0.478 e. The van der Waals surface area contributed by atoms with Crippen molar-refractivity contribution in [1.82, 2.24) is 9.78 Å². The fourth-order valence-corrected chi connectivity index (χ4v) is 3.11. The zero-order valence-electron chi connectivity index (χ0n) is 15.4. The van der Waals surface area contributed by atoms with Gasteiger partial charge >= 0.3 is 5.97 Å². The second-order valence-electron chi connectivity index (χ2n) is 6.26. The Labute approximate surface area is 166 Å². The van der Waals surface area contributed by atoms with Gasteiger partial charge in [0.15, 0.2) is 5.69 Å². The van der Waals surface area contributed by atoms with Gasteiger partial charge in [-0.3, -0.25) is 9.89 Å². The van der Waals surface area contributed by atoms with Crippen LogP contribution < -0.4 is 5.56 Å². The minimum atomic E-state index is -4.08. The van der Waals surface area contributed by atoms with Crippen molar-refractivity contribution in [2.24, 2.45) is 10.2 Å². The Morgan fingerprint density at radius 3 is 2.28 bits per heavy atom. The van der Waals surface area contributed by atoms with E-state index in [1.54, 1.807) is 19.1 Å². The predicted molar refractivity (Wildman–Crippen MR) is 107 cm³/mol. The number of aromatic carboxylic acids is 1. The van der Waals surface area contributed by atoms with E-state index in [0.29, 0.717) is 11.4 Å². The van der Waals surface area contributed by atoms with Crippen LogP contribution in [0.25, 0.3) is 5.69 Å². The van der Waals surface area contributed by atoms with Crippen LogP contribution in [0.15, 0.2) is 62.4 Å². The zero-order chi connectivity index (χ0) is 21.3. The number of carboxylic acids is 1. The number of carboxylic acid groups (broad SMARTS) is 1. The van der Waals surface area contributed by atoms with Gasteiger partial charge in [0.1, 0.15) is 16.6 Å². The number of hydrogen-bond donors (Lipinski definition) is 5. The Morgan fingerprint density at radius 2 is 1.69 bits per heavy atom. The van der Waals surface area contributed by atoms with E-state index in [1.165, 1.54) is 4.68 Å². The molecule has 0 aliphatic heterocycles. The molecule has 3 rings (SSSR count). The zero-order valence-corrected chi connectivity index (χ0v) is 16.2. The Kier molecular flexibility index (Phi) is 5.40. The number of nitrogens with one attached hydrogen (secondary N) is 1. The van der Waals surface area contributed by atoms with Crippen molar-refractivity contribution in [1.29, 1.82) is 0 Å². The number of aromatic nitrogens is 2. The molecule has 3 aromatic rings. The molecule has 0 saturated heterocycles. The van der Waals surface area contributed by atoms with Crippen molar-refractivity contribution in [2.45, 2.75) is 18.7 Å². The Bertz CT molecular complexity index is 1160. The fraction of sp³-hybridized carbons (Fsp3) is 0.111. The van der Waals surface area contributed by atoms with Crippen LogP contribution in [-0.2, 0) is 0 Å². The average Bonchev–Trinajstić information content (AvgIpc) is 2.93. The Morgan fingerprint density at radius 1 is 1.03 bits per heavy atom. The maximum atomic E-state index is 12.7. The van der Waals surface area contributed by atoms with Gasteiger partial charge in [0.25, 0.3) is 5.56 Å². The third kappa shape index (κ3) is 4.27. The molecular weight excluding hydrogens is 400 g/mol. The predicted octanol–water partition coefficient (Wildman–Crippen LogP) is 4.48. The summed E-state index contributed by atoms with van der Waals surface area (Å²) in [6.07, 6.45) is 0. The van der Waals surface area contributed by atoms with Gasteiger partial charge in [0, 0.05) is 0 Å². The van der Waals surface area contributed by atoms with Crippen molar-refractivity contribution in [3.63, 3.8) is 0 Å². The number of carbonyl (C=O) groups is 1. The topological polar surface area (TPSA) is 160 Å². The molecule has 1 heterocycles. The standard InChI is InChI=1S/C18H18N4O6S/c1-10-3-5-12(6-4-10)22-17(23)16(11(2)21-22)20-19-15-8-7-13(29(26,27)28)9-14(15)18(24)25/h3-9,21,26-28H,1-2H3,(H,24,25). The molecule has 5 N–H and O–H groups in total. The smallest absolute Gasteiger partial charge is 0.338 e. The number of benzene rings is 2. The SMILES string of the molecule is Cc1ccc(-n2[nH]c(C)c(N=Nc3ccc(S(O)(O)O)cc3C(=O)O)c2=O)cc1.